The minimum absolute atomic E-state index is 0.118. The predicted molar refractivity (Wildman–Crippen MR) is 69.9 cm³/mol. The van der Waals surface area contributed by atoms with Crippen LogP contribution in [0.1, 0.15) is 52.4 Å². The van der Waals surface area contributed by atoms with Gasteiger partial charge in [-0.2, -0.15) is 12.6 Å². The number of ether oxygens (including phenoxy) is 1. The molecular formula is C14H24OS. The molecule has 3 fully saturated rings. The van der Waals surface area contributed by atoms with E-state index >= 15 is 0 Å². The van der Waals surface area contributed by atoms with Gasteiger partial charge in [-0.05, 0) is 69.5 Å². The van der Waals surface area contributed by atoms with Crippen molar-refractivity contribution >= 4 is 12.6 Å². The lowest BCUT2D eigenvalue weighted by Crippen LogP contribution is -2.50. The summed E-state index contributed by atoms with van der Waals surface area (Å²) in [5.41, 5.74) is 0.333. The van der Waals surface area contributed by atoms with Gasteiger partial charge >= 0.3 is 0 Å². The molecule has 0 amide bonds. The summed E-state index contributed by atoms with van der Waals surface area (Å²) in [4.78, 5) is 0. The summed E-state index contributed by atoms with van der Waals surface area (Å²) in [6.07, 6.45) is 8.23. The molecule has 0 radical (unpaired) electrons. The zero-order valence-corrected chi connectivity index (χ0v) is 11.4. The highest BCUT2D eigenvalue weighted by atomic mass is 32.1. The normalized spacial score (nSPS) is 50.1. The minimum Gasteiger partial charge on any atom is -0.368 e. The van der Waals surface area contributed by atoms with Gasteiger partial charge in [-0.15, -0.1) is 0 Å². The Balaban J connectivity index is 1.95. The molecule has 1 nitrogen and oxygen atoms in total. The second-order valence-electron chi connectivity index (χ2n) is 6.65. The third kappa shape index (κ3) is 1.42. The third-order valence-corrected chi connectivity index (χ3v) is 6.01. The van der Waals surface area contributed by atoms with Crippen molar-refractivity contribution in [2.45, 2.75) is 63.6 Å². The van der Waals surface area contributed by atoms with E-state index in [-0.39, 0.29) is 11.2 Å². The molecule has 16 heavy (non-hydrogen) atoms. The predicted octanol–water partition coefficient (Wildman–Crippen LogP) is 3.68. The second kappa shape index (κ2) is 3.65. The first kappa shape index (κ1) is 11.4. The molecule has 92 valence electrons. The fraction of sp³-hybridized carbons (Fsp3) is 1.00. The standard InChI is InChI=1S/C14H24OS/c1-13(2)11-7-6-10-4-3-5-12(9-16)14(10,8-11)15-13/h10-12,16H,3-9H2,1-2H3. The van der Waals surface area contributed by atoms with E-state index in [1.54, 1.807) is 0 Å². The van der Waals surface area contributed by atoms with Crippen LogP contribution in [0.3, 0.4) is 0 Å². The Bertz CT molecular complexity index is 280. The fourth-order valence-corrected chi connectivity index (χ4v) is 5.16. The van der Waals surface area contributed by atoms with Crippen LogP contribution in [0.15, 0.2) is 0 Å². The molecule has 2 bridgehead atoms. The molecular weight excluding hydrogens is 216 g/mol. The van der Waals surface area contributed by atoms with Crippen molar-refractivity contribution in [3.05, 3.63) is 0 Å². The third-order valence-electron chi connectivity index (χ3n) is 5.57. The van der Waals surface area contributed by atoms with E-state index in [0.717, 1.165) is 17.6 Å². The summed E-state index contributed by atoms with van der Waals surface area (Å²) in [6.45, 7) is 4.61. The Labute approximate surface area is 105 Å². The number of thiol groups is 1. The Morgan fingerprint density at radius 1 is 1.12 bits per heavy atom. The van der Waals surface area contributed by atoms with E-state index in [0.29, 0.717) is 5.92 Å². The van der Waals surface area contributed by atoms with Gasteiger partial charge in [-0.3, -0.25) is 0 Å². The summed E-state index contributed by atoms with van der Waals surface area (Å²) in [5, 5.41) is 0. The van der Waals surface area contributed by atoms with Gasteiger partial charge in [0.05, 0.1) is 11.2 Å². The maximum atomic E-state index is 6.62. The molecule has 2 aliphatic carbocycles. The van der Waals surface area contributed by atoms with Crippen LogP contribution < -0.4 is 0 Å². The number of hydrogen-bond donors (Lipinski definition) is 1. The zero-order valence-electron chi connectivity index (χ0n) is 10.5. The maximum Gasteiger partial charge on any atom is 0.0757 e. The first-order valence-corrected chi connectivity index (χ1v) is 7.53. The monoisotopic (exact) mass is 240 g/mol. The van der Waals surface area contributed by atoms with Gasteiger partial charge in [0.1, 0.15) is 0 Å². The van der Waals surface area contributed by atoms with Gasteiger partial charge < -0.3 is 4.74 Å². The number of fused-ring (bicyclic) bond motifs is 1. The van der Waals surface area contributed by atoms with E-state index in [1.165, 1.54) is 38.5 Å². The molecule has 1 heterocycles. The van der Waals surface area contributed by atoms with Gasteiger partial charge in [0, 0.05) is 0 Å². The quantitative estimate of drug-likeness (QED) is 0.688. The summed E-state index contributed by atoms with van der Waals surface area (Å²) in [6, 6.07) is 0. The Kier molecular flexibility index (Phi) is 2.60. The van der Waals surface area contributed by atoms with Crippen molar-refractivity contribution in [2.75, 3.05) is 5.75 Å². The molecule has 4 unspecified atom stereocenters. The van der Waals surface area contributed by atoms with Crippen molar-refractivity contribution in [1.82, 2.24) is 0 Å². The van der Waals surface area contributed by atoms with Gasteiger partial charge in [0.2, 0.25) is 0 Å². The van der Waals surface area contributed by atoms with E-state index < -0.39 is 0 Å². The first-order chi connectivity index (χ1) is 7.58. The summed E-state index contributed by atoms with van der Waals surface area (Å²) >= 11 is 4.58. The van der Waals surface area contributed by atoms with Gasteiger partial charge in [-0.1, -0.05) is 6.42 Å². The summed E-state index contributed by atoms with van der Waals surface area (Å²) in [5.74, 6) is 3.35. The molecule has 4 atom stereocenters. The Morgan fingerprint density at radius 2 is 1.88 bits per heavy atom. The first-order valence-electron chi connectivity index (χ1n) is 6.89. The van der Waals surface area contributed by atoms with Crippen LogP contribution in [0.4, 0.5) is 0 Å². The van der Waals surface area contributed by atoms with Crippen LogP contribution in [-0.4, -0.2) is 17.0 Å². The molecule has 1 spiro atoms. The van der Waals surface area contributed by atoms with E-state index in [4.69, 9.17) is 4.74 Å². The van der Waals surface area contributed by atoms with Crippen molar-refractivity contribution in [1.29, 1.82) is 0 Å². The molecule has 0 aromatic carbocycles. The summed E-state index contributed by atoms with van der Waals surface area (Å²) < 4.78 is 6.62. The molecule has 0 aromatic rings. The van der Waals surface area contributed by atoms with Crippen molar-refractivity contribution in [3.8, 4) is 0 Å². The average molecular weight is 240 g/mol. The van der Waals surface area contributed by atoms with Gasteiger partial charge in [0.25, 0.3) is 0 Å². The second-order valence-corrected chi connectivity index (χ2v) is 7.01. The van der Waals surface area contributed by atoms with E-state index in [9.17, 15) is 0 Å². The topological polar surface area (TPSA) is 9.23 Å². The van der Waals surface area contributed by atoms with Crippen LogP contribution in [0.25, 0.3) is 0 Å². The van der Waals surface area contributed by atoms with Gasteiger partial charge in [-0.25, -0.2) is 0 Å². The molecule has 1 aliphatic heterocycles. The average Bonchev–Trinajstić information content (AvgIpc) is 2.45. The van der Waals surface area contributed by atoms with Crippen LogP contribution in [0.2, 0.25) is 0 Å². The molecule has 2 heteroatoms. The summed E-state index contributed by atoms with van der Waals surface area (Å²) in [7, 11) is 0. The van der Waals surface area contributed by atoms with Crippen LogP contribution in [0, 0.1) is 17.8 Å². The largest absolute Gasteiger partial charge is 0.368 e. The molecule has 1 saturated heterocycles. The molecule has 0 aromatic heterocycles. The van der Waals surface area contributed by atoms with E-state index in [1.807, 2.05) is 0 Å². The minimum atomic E-state index is 0.118. The highest BCUT2D eigenvalue weighted by molar-refractivity contribution is 7.80. The SMILES string of the molecule is CC1(C)OC23CC1CCC2CCCC3CS. The highest BCUT2D eigenvalue weighted by Gasteiger charge is 2.60. The lowest BCUT2D eigenvalue weighted by atomic mass is 9.61. The smallest absolute Gasteiger partial charge is 0.0757 e. The fourth-order valence-electron chi connectivity index (χ4n) is 4.66. The molecule has 2 saturated carbocycles. The maximum absolute atomic E-state index is 6.62. The van der Waals surface area contributed by atoms with Gasteiger partial charge in [0.15, 0.2) is 0 Å². The zero-order chi connectivity index (χ0) is 11.4. The van der Waals surface area contributed by atoms with Crippen molar-refractivity contribution < 1.29 is 4.74 Å². The number of hydrogen-bond acceptors (Lipinski definition) is 2. The Morgan fingerprint density at radius 3 is 2.62 bits per heavy atom. The van der Waals surface area contributed by atoms with Crippen LogP contribution in [0.5, 0.6) is 0 Å². The van der Waals surface area contributed by atoms with Crippen molar-refractivity contribution in [3.63, 3.8) is 0 Å². The number of rotatable bonds is 1. The molecule has 0 N–H and O–H groups in total. The van der Waals surface area contributed by atoms with Crippen LogP contribution in [-0.2, 0) is 4.74 Å². The lowest BCUT2D eigenvalue weighted by molar-refractivity contribution is -0.155. The molecule has 3 rings (SSSR count). The molecule has 3 aliphatic rings. The highest BCUT2D eigenvalue weighted by Crippen LogP contribution is 2.60. The Hall–Kier alpha value is 0.310. The van der Waals surface area contributed by atoms with Crippen LogP contribution >= 0.6 is 12.6 Å². The van der Waals surface area contributed by atoms with Crippen molar-refractivity contribution in [2.24, 2.45) is 17.8 Å². The van der Waals surface area contributed by atoms with E-state index in [2.05, 4.69) is 26.5 Å². The lowest BCUT2D eigenvalue weighted by Gasteiger charge is -2.48.